The molecular weight excluding hydrogens is 395 g/mol. The van der Waals surface area contributed by atoms with Crippen molar-refractivity contribution in [2.75, 3.05) is 25.5 Å². The molecule has 6 nitrogen and oxygen atoms in total. The number of rotatable bonds is 6. The molecule has 0 bridgehead atoms. The molecule has 0 atom stereocenters. The first-order valence-electron chi connectivity index (χ1n) is 8.66. The predicted octanol–water partition coefficient (Wildman–Crippen LogP) is 3.51. The van der Waals surface area contributed by atoms with Gasteiger partial charge in [-0.1, -0.05) is 6.07 Å². The summed E-state index contributed by atoms with van der Waals surface area (Å²) in [6, 6.07) is 6.57. The van der Waals surface area contributed by atoms with E-state index in [1.165, 1.54) is 41.9 Å². The second-order valence-electron chi connectivity index (χ2n) is 6.36. The molecule has 3 rings (SSSR count). The summed E-state index contributed by atoms with van der Waals surface area (Å²) in [5.74, 6) is 0.398. The Morgan fingerprint density at radius 3 is 2.46 bits per heavy atom. The molecule has 1 fully saturated rings. The Hall–Kier alpha value is -2.33. The molecule has 0 radical (unpaired) electrons. The van der Waals surface area contributed by atoms with Crippen LogP contribution in [0.2, 0.25) is 0 Å². The van der Waals surface area contributed by atoms with Crippen LogP contribution in [0.25, 0.3) is 0 Å². The Morgan fingerprint density at radius 1 is 1.18 bits per heavy atom. The van der Waals surface area contributed by atoms with Crippen molar-refractivity contribution >= 4 is 15.8 Å². The molecule has 1 aromatic carbocycles. The molecule has 0 aliphatic carbocycles. The highest BCUT2D eigenvalue weighted by Crippen LogP contribution is 2.34. The summed E-state index contributed by atoms with van der Waals surface area (Å²) in [4.78, 5) is 4.10. The van der Waals surface area contributed by atoms with Gasteiger partial charge in [0.25, 0.3) is 0 Å². The number of benzene rings is 1. The van der Waals surface area contributed by atoms with E-state index in [0.717, 1.165) is 18.9 Å². The number of hydrogen-bond donors (Lipinski definition) is 1. The minimum atomic E-state index is -4.52. The van der Waals surface area contributed by atoms with E-state index in [4.69, 9.17) is 4.74 Å². The lowest BCUT2D eigenvalue weighted by Crippen LogP contribution is -2.27. The number of halogens is 3. The Morgan fingerprint density at radius 2 is 1.89 bits per heavy atom. The van der Waals surface area contributed by atoms with Crippen molar-refractivity contribution in [1.29, 1.82) is 0 Å². The Balaban J connectivity index is 1.74. The van der Waals surface area contributed by atoms with Gasteiger partial charge in [0, 0.05) is 25.8 Å². The number of ether oxygens (including phenoxy) is 1. The van der Waals surface area contributed by atoms with Gasteiger partial charge in [0.1, 0.15) is 16.5 Å². The summed E-state index contributed by atoms with van der Waals surface area (Å²) < 4.78 is 71.0. The number of aromatic nitrogens is 1. The van der Waals surface area contributed by atoms with E-state index < -0.39 is 21.8 Å². The number of nitrogens with one attached hydrogen (secondary N) is 1. The molecule has 1 aliphatic rings. The minimum absolute atomic E-state index is 0.0314. The molecule has 152 valence electrons. The zero-order valence-corrected chi connectivity index (χ0v) is 16.0. The molecule has 28 heavy (non-hydrogen) atoms. The van der Waals surface area contributed by atoms with Crippen molar-refractivity contribution in [3.63, 3.8) is 0 Å². The molecule has 2 heterocycles. The average molecular weight is 415 g/mol. The second-order valence-corrected chi connectivity index (χ2v) is 8.30. The fourth-order valence-corrected chi connectivity index (χ4v) is 4.46. The third-order valence-corrected chi connectivity index (χ3v) is 6.40. The van der Waals surface area contributed by atoms with Gasteiger partial charge in [-0.05, 0) is 42.7 Å². The van der Waals surface area contributed by atoms with Crippen molar-refractivity contribution in [1.82, 2.24) is 9.29 Å². The van der Waals surface area contributed by atoms with Crippen LogP contribution in [0.1, 0.15) is 24.0 Å². The number of hydrogen-bond acceptors (Lipinski definition) is 5. The number of sulfonamides is 1. The van der Waals surface area contributed by atoms with Gasteiger partial charge in [-0.25, -0.2) is 13.4 Å². The number of nitrogens with zero attached hydrogens (tertiary/aromatic N) is 2. The fourth-order valence-electron chi connectivity index (χ4n) is 3.00. The van der Waals surface area contributed by atoms with Crippen molar-refractivity contribution in [2.24, 2.45) is 0 Å². The van der Waals surface area contributed by atoms with Gasteiger partial charge in [0.05, 0.1) is 12.7 Å². The molecule has 1 N–H and O–H groups in total. The highest BCUT2D eigenvalue weighted by Gasteiger charge is 2.33. The van der Waals surface area contributed by atoms with Gasteiger partial charge in [-0.2, -0.15) is 17.5 Å². The maximum atomic E-state index is 13.3. The SMILES string of the molecule is COc1ccc(CNc2ccc(S(=O)(=O)N3CCCC3)cn2)c(C(F)(F)F)c1. The highest BCUT2D eigenvalue weighted by atomic mass is 32.2. The zero-order chi connectivity index (χ0) is 20.4. The summed E-state index contributed by atoms with van der Waals surface area (Å²) in [6.45, 7) is 0.851. The second kappa shape index (κ2) is 7.96. The summed E-state index contributed by atoms with van der Waals surface area (Å²) in [6.07, 6.45) is -1.65. The van der Waals surface area contributed by atoms with Crippen molar-refractivity contribution in [3.8, 4) is 5.75 Å². The van der Waals surface area contributed by atoms with E-state index in [-0.39, 0.29) is 28.6 Å². The van der Waals surface area contributed by atoms with Crippen LogP contribution >= 0.6 is 0 Å². The molecule has 0 amide bonds. The molecule has 0 saturated carbocycles. The van der Waals surface area contributed by atoms with Crippen LogP contribution in [0.4, 0.5) is 19.0 Å². The number of alkyl halides is 3. The maximum absolute atomic E-state index is 13.3. The Kier molecular flexibility index (Phi) is 5.80. The van der Waals surface area contributed by atoms with Crippen LogP contribution in [0, 0.1) is 0 Å². The van der Waals surface area contributed by atoms with Crippen molar-refractivity contribution < 1.29 is 26.3 Å². The van der Waals surface area contributed by atoms with Gasteiger partial charge in [0.15, 0.2) is 0 Å². The van der Waals surface area contributed by atoms with Crippen LogP contribution in [-0.4, -0.2) is 37.9 Å². The van der Waals surface area contributed by atoms with Crippen LogP contribution in [0.5, 0.6) is 5.75 Å². The van der Waals surface area contributed by atoms with E-state index in [1.54, 1.807) is 0 Å². The van der Waals surface area contributed by atoms with E-state index in [1.807, 2.05) is 0 Å². The molecule has 1 aromatic heterocycles. The lowest BCUT2D eigenvalue weighted by Gasteiger charge is -2.16. The zero-order valence-electron chi connectivity index (χ0n) is 15.2. The molecule has 2 aromatic rings. The average Bonchev–Trinajstić information content (AvgIpc) is 3.21. The quantitative estimate of drug-likeness (QED) is 0.782. The standard InChI is InChI=1S/C18H20F3N3O3S/c1-27-14-5-4-13(16(10-14)18(19,20)21)11-22-17-7-6-15(12-23-17)28(25,26)24-8-2-3-9-24/h4-7,10,12H,2-3,8-9,11H2,1H3,(H,22,23). The maximum Gasteiger partial charge on any atom is 0.416 e. The summed E-state index contributed by atoms with van der Waals surface area (Å²) >= 11 is 0. The summed E-state index contributed by atoms with van der Waals surface area (Å²) in [7, 11) is -2.28. The smallest absolute Gasteiger partial charge is 0.416 e. The van der Waals surface area contributed by atoms with Gasteiger partial charge in [-0.15, -0.1) is 0 Å². The molecule has 0 unspecified atom stereocenters. The lowest BCUT2D eigenvalue weighted by molar-refractivity contribution is -0.138. The normalized spacial score (nSPS) is 15.6. The fraction of sp³-hybridized carbons (Fsp3) is 0.389. The number of anilines is 1. The van der Waals surface area contributed by atoms with Crippen molar-refractivity contribution in [2.45, 2.75) is 30.5 Å². The van der Waals surface area contributed by atoms with E-state index in [2.05, 4.69) is 10.3 Å². The third kappa shape index (κ3) is 4.39. The monoisotopic (exact) mass is 415 g/mol. The lowest BCUT2D eigenvalue weighted by atomic mass is 10.1. The first-order valence-corrected chi connectivity index (χ1v) is 10.1. The summed E-state index contributed by atoms with van der Waals surface area (Å²) in [5.41, 5.74) is -0.767. The highest BCUT2D eigenvalue weighted by molar-refractivity contribution is 7.89. The molecule has 1 aliphatic heterocycles. The largest absolute Gasteiger partial charge is 0.497 e. The molecule has 1 saturated heterocycles. The number of pyridine rings is 1. The van der Waals surface area contributed by atoms with Gasteiger partial charge >= 0.3 is 6.18 Å². The predicted molar refractivity (Wildman–Crippen MR) is 97.6 cm³/mol. The van der Waals surface area contributed by atoms with Gasteiger partial charge in [-0.3, -0.25) is 0 Å². The van der Waals surface area contributed by atoms with Crippen LogP contribution in [0.15, 0.2) is 41.4 Å². The summed E-state index contributed by atoms with van der Waals surface area (Å²) in [5, 5.41) is 2.80. The Bertz CT molecular complexity index is 925. The van der Waals surface area contributed by atoms with Crippen molar-refractivity contribution in [3.05, 3.63) is 47.7 Å². The Labute approximate surface area is 161 Å². The third-order valence-electron chi connectivity index (χ3n) is 4.52. The van der Waals surface area contributed by atoms with Crippen LogP contribution in [0.3, 0.4) is 0 Å². The molecule has 10 heteroatoms. The number of methoxy groups -OCH3 is 1. The van der Waals surface area contributed by atoms with E-state index in [0.29, 0.717) is 13.1 Å². The first-order chi connectivity index (χ1) is 13.2. The van der Waals surface area contributed by atoms with Gasteiger partial charge < -0.3 is 10.1 Å². The first kappa shape index (κ1) is 20.4. The molecule has 0 spiro atoms. The minimum Gasteiger partial charge on any atom is -0.497 e. The van der Waals surface area contributed by atoms with E-state index >= 15 is 0 Å². The van der Waals surface area contributed by atoms with Crippen LogP contribution < -0.4 is 10.1 Å². The van der Waals surface area contributed by atoms with Gasteiger partial charge in [0.2, 0.25) is 10.0 Å². The topological polar surface area (TPSA) is 71.5 Å². The molecular formula is C18H20F3N3O3S. The van der Waals surface area contributed by atoms with Crippen LogP contribution in [-0.2, 0) is 22.7 Å². The van der Waals surface area contributed by atoms with E-state index in [9.17, 15) is 21.6 Å².